The van der Waals surface area contributed by atoms with E-state index in [2.05, 4.69) is 48.1 Å². The Labute approximate surface area is 319 Å². The summed E-state index contributed by atoms with van der Waals surface area (Å²) in [6.45, 7) is 20.1. The van der Waals surface area contributed by atoms with Crippen LogP contribution in [-0.2, 0) is 4.79 Å². The molecule has 10 atom stereocenters. The molecule has 5 aliphatic rings. The summed E-state index contributed by atoms with van der Waals surface area (Å²) >= 11 is 0. The van der Waals surface area contributed by atoms with Crippen molar-refractivity contribution in [3.8, 4) is 0 Å². The number of carbonyl (C=O) groups is 3. The van der Waals surface area contributed by atoms with Crippen molar-refractivity contribution in [2.24, 2.45) is 62.4 Å². The lowest BCUT2D eigenvalue weighted by atomic mass is 9.32. The van der Waals surface area contributed by atoms with Crippen molar-refractivity contribution in [2.45, 2.75) is 150 Å². The number of fused-ring (bicyclic) bond motifs is 7. The van der Waals surface area contributed by atoms with E-state index in [1.807, 2.05) is 0 Å². The molecule has 5 fully saturated rings. The first kappa shape index (κ1) is 40.2. The predicted octanol–water partition coefficient (Wildman–Crippen LogP) is 9.67. The fraction of sp³-hybridized carbons (Fsp3) is 0.761. The molecule has 2 amide bonds. The van der Waals surface area contributed by atoms with E-state index in [4.69, 9.17) is 5.73 Å². The van der Waals surface area contributed by atoms with E-state index >= 15 is 4.79 Å². The average Bonchev–Trinajstić information content (AvgIpc) is 3.52. The Morgan fingerprint density at radius 3 is 2.06 bits per heavy atom. The number of hydrogen-bond donors (Lipinski definition) is 3. The third-order valence-electron chi connectivity index (χ3n) is 17.2. The van der Waals surface area contributed by atoms with Gasteiger partial charge >= 0.3 is 5.97 Å². The number of amides is 2. The number of unbranched alkanes of at least 4 members (excludes halogenated alkanes) is 5. The van der Waals surface area contributed by atoms with Gasteiger partial charge in [0.2, 0.25) is 5.91 Å². The highest BCUT2D eigenvalue weighted by molar-refractivity contribution is 6.07. The van der Waals surface area contributed by atoms with Crippen molar-refractivity contribution in [3.63, 3.8) is 0 Å². The van der Waals surface area contributed by atoms with Gasteiger partial charge in [0.15, 0.2) is 0 Å². The molecule has 1 unspecified atom stereocenters. The monoisotopic (exact) mass is 731 g/mol. The minimum Gasteiger partial charge on any atom is -0.478 e. The maximum Gasteiger partial charge on any atom is 0.335 e. The molecule has 7 nitrogen and oxygen atoms in total. The molecule has 53 heavy (non-hydrogen) atoms. The van der Waals surface area contributed by atoms with Crippen molar-refractivity contribution in [3.05, 3.63) is 47.5 Å². The molecule has 0 radical (unpaired) electrons. The molecule has 4 N–H and O–H groups in total. The van der Waals surface area contributed by atoms with Crippen LogP contribution in [0.15, 0.2) is 36.4 Å². The van der Waals surface area contributed by atoms with Crippen LogP contribution in [0.1, 0.15) is 165 Å². The average molecular weight is 731 g/mol. The summed E-state index contributed by atoms with van der Waals surface area (Å²) in [5.74, 6) is 0.475. The minimum atomic E-state index is -1.04. The number of imide groups is 1. The van der Waals surface area contributed by atoms with Gasteiger partial charge in [-0.1, -0.05) is 72.5 Å². The summed E-state index contributed by atoms with van der Waals surface area (Å²) in [4.78, 5) is 43.1. The molecule has 1 aromatic carbocycles. The fourth-order valence-electron chi connectivity index (χ4n) is 14.1. The van der Waals surface area contributed by atoms with E-state index in [-0.39, 0.29) is 57.0 Å². The summed E-state index contributed by atoms with van der Waals surface area (Å²) < 4.78 is 0. The quantitative estimate of drug-likeness (QED) is 0.112. The van der Waals surface area contributed by atoms with Crippen LogP contribution in [0.4, 0.5) is 0 Å². The number of nitrogens with two attached hydrogens (primary N) is 1. The second-order valence-corrected chi connectivity index (χ2v) is 19.8. The Morgan fingerprint density at radius 2 is 1.42 bits per heavy atom. The lowest BCUT2D eigenvalue weighted by molar-refractivity contribution is -0.247. The highest BCUT2D eigenvalue weighted by atomic mass is 16.4. The SMILES string of the molecule is C=C(C)[C@@H]1CC[C@]2(C(=O)N(CCCCCCCCN)C(=O)c3ccc(C(=O)O)cc3)CC[C@]3(C)[C@H](CCC4[C@@]5(C)CC[C@H](O)C(C)(C)[C@@H]5CC[C@]43C)[C@@H]12. The van der Waals surface area contributed by atoms with E-state index in [9.17, 15) is 19.8 Å². The zero-order valence-corrected chi connectivity index (χ0v) is 33.9. The normalized spacial score (nSPS) is 38.5. The molecule has 0 spiro atoms. The Balaban J connectivity index is 1.33. The number of carbonyl (C=O) groups excluding carboxylic acids is 2. The highest BCUT2D eigenvalue weighted by Gasteiger charge is 2.72. The van der Waals surface area contributed by atoms with Gasteiger partial charge in [0.25, 0.3) is 5.91 Å². The first-order chi connectivity index (χ1) is 25.0. The molecular weight excluding hydrogens is 661 g/mol. The third-order valence-corrected chi connectivity index (χ3v) is 17.2. The molecule has 5 aliphatic carbocycles. The first-order valence-electron chi connectivity index (χ1n) is 21.2. The van der Waals surface area contributed by atoms with Gasteiger partial charge in [-0.15, -0.1) is 0 Å². The van der Waals surface area contributed by atoms with Crippen LogP contribution in [0.3, 0.4) is 0 Å². The van der Waals surface area contributed by atoms with Gasteiger partial charge in [-0.05, 0) is 166 Å². The summed E-state index contributed by atoms with van der Waals surface area (Å²) in [6, 6.07) is 6.08. The van der Waals surface area contributed by atoms with Crippen molar-refractivity contribution in [2.75, 3.05) is 13.1 Å². The number of allylic oxidation sites excluding steroid dienone is 1. The van der Waals surface area contributed by atoms with E-state index in [1.54, 1.807) is 17.0 Å². The van der Waals surface area contributed by atoms with Crippen LogP contribution in [-0.4, -0.2) is 52.1 Å². The summed E-state index contributed by atoms with van der Waals surface area (Å²) in [6.07, 6.45) is 15.7. The highest BCUT2D eigenvalue weighted by Crippen LogP contribution is 2.77. The maximum atomic E-state index is 15.5. The van der Waals surface area contributed by atoms with Crippen molar-refractivity contribution in [1.82, 2.24) is 4.90 Å². The smallest absolute Gasteiger partial charge is 0.335 e. The van der Waals surface area contributed by atoms with Gasteiger partial charge < -0.3 is 15.9 Å². The number of rotatable bonds is 12. The first-order valence-corrected chi connectivity index (χ1v) is 21.2. The van der Waals surface area contributed by atoms with E-state index in [1.165, 1.54) is 17.7 Å². The fourth-order valence-corrected chi connectivity index (χ4v) is 14.1. The molecule has 6 rings (SSSR count). The van der Waals surface area contributed by atoms with Crippen LogP contribution in [0.2, 0.25) is 0 Å². The van der Waals surface area contributed by atoms with Gasteiger partial charge in [-0.3, -0.25) is 14.5 Å². The van der Waals surface area contributed by atoms with Crippen LogP contribution in [0.25, 0.3) is 0 Å². The van der Waals surface area contributed by atoms with Gasteiger partial charge in [0.05, 0.1) is 17.1 Å². The molecule has 7 heteroatoms. The minimum absolute atomic E-state index is 0.00490. The van der Waals surface area contributed by atoms with Gasteiger partial charge in [0.1, 0.15) is 0 Å². The molecule has 0 bridgehead atoms. The van der Waals surface area contributed by atoms with Crippen LogP contribution in [0.5, 0.6) is 0 Å². The maximum absolute atomic E-state index is 15.5. The summed E-state index contributed by atoms with van der Waals surface area (Å²) in [5.41, 5.74) is 7.02. The predicted molar refractivity (Wildman–Crippen MR) is 211 cm³/mol. The number of hydrogen-bond acceptors (Lipinski definition) is 5. The van der Waals surface area contributed by atoms with E-state index < -0.39 is 11.4 Å². The lowest BCUT2D eigenvalue weighted by Crippen LogP contribution is -2.67. The van der Waals surface area contributed by atoms with Gasteiger partial charge in [-0.25, -0.2) is 4.79 Å². The molecule has 0 aliphatic heterocycles. The second-order valence-electron chi connectivity index (χ2n) is 19.8. The second kappa shape index (κ2) is 14.9. The number of carboxylic acids is 1. The topological polar surface area (TPSA) is 121 Å². The molecular formula is C46H70N2O5. The number of benzene rings is 1. The van der Waals surface area contributed by atoms with Crippen LogP contribution < -0.4 is 5.73 Å². The largest absolute Gasteiger partial charge is 0.478 e. The van der Waals surface area contributed by atoms with Crippen LogP contribution in [0, 0.1) is 56.7 Å². The number of aromatic carboxylic acids is 1. The summed E-state index contributed by atoms with van der Waals surface area (Å²) in [7, 11) is 0. The van der Waals surface area contributed by atoms with Gasteiger partial charge in [0, 0.05) is 12.1 Å². The van der Waals surface area contributed by atoms with E-state index in [0.29, 0.717) is 36.4 Å². The third kappa shape index (κ3) is 6.46. The van der Waals surface area contributed by atoms with Crippen LogP contribution >= 0.6 is 0 Å². The van der Waals surface area contributed by atoms with Crippen molar-refractivity contribution >= 4 is 17.8 Å². The Bertz CT molecular complexity index is 1550. The van der Waals surface area contributed by atoms with E-state index in [0.717, 1.165) is 103 Å². The molecule has 5 saturated carbocycles. The summed E-state index contributed by atoms with van der Waals surface area (Å²) in [5, 5.41) is 20.7. The zero-order chi connectivity index (χ0) is 38.6. The Morgan fingerprint density at radius 1 is 0.774 bits per heavy atom. The standard InChI is InChI=1S/C46H70N2O5/c1-30(2)33-20-25-46(41(53)48(29-13-11-9-8-10-12-28-47)39(50)31-14-16-32(17-15-31)40(51)52)27-26-44(6)34(38(33)46)18-19-36-43(5)23-22-37(49)42(3,4)35(43)21-24-45(36,44)7/h14-17,33-38,49H,1,8-13,18-29,47H2,2-7H3,(H,51,52)/t33-,34+,35-,36?,37-,38+,43-,44+,45+,46-/m0/s1. The number of carboxylic acid groups (broad SMARTS) is 1. The van der Waals surface area contributed by atoms with Crippen molar-refractivity contribution in [1.29, 1.82) is 0 Å². The molecule has 1 aromatic rings. The van der Waals surface area contributed by atoms with Crippen molar-refractivity contribution < 1.29 is 24.6 Å². The number of aliphatic hydroxyl groups is 1. The Kier molecular flexibility index (Phi) is 11.3. The van der Waals surface area contributed by atoms with Gasteiger partial charge in [-0.2, -0.15) is 0 Å². The zero-order valence-electron chi connectivity index (χ0n) is 33.9. The molecule has 294 valence electrons. The number of aliphatic hydroxyl groups excluding tert-OH is 1. The Hall–Kier alpha value is -2.51. The molecule has 0 aromatic heterocycles. The molecule has 0 saturated heterocycles. The number of nitrogens with zero attached hydrogens (tertiary/aromatic N) is 1. The lowest BCUT2D eigenvalue weighted by Gasteiger charge is -2.72. The molecule has 0 heterocycles.